The molecule has 0 radical (unpaired) electrons. The van der Waals surface area contributed by atoms with E-state index in [1.165, 1.54) is 0 Å². The fourth-order valence-electron chi connectivity index (χ4n) is 3.09. The molecule has 0 aliphatic carbocycles. The monoisotopic (exact) mass is 283 g/mol. The molecule has 108 valence electrons. The maximum Gasteiger partial charge on any atom is 0.312 e. The quantitative estimate of drug-likeness (QED) is 0.879. The molecule has 0 bridgehead atoms. The Bertz CT molecular complexity index is 660. The molecule has 1 aromatic heterocycles. The Labute approximate surface area is 123 Å². The third kappa shape index (κ3) is 2.49. The molecule has 2 unspecified atom stereocenters. The number of Topliss-reactive ketones (excluding diaryl/α,β-unsaturated/α-hetero) is 1. The van der Waals surface area contributed by atoms with Gasteiger partial charge in [0.15, 0.2) is 5.78 Å². The van der Waals surface area contributed by atoms with Gasteiger partial charge in [-0.2, -0.15) is 0 Å². The van der Waals surface area contributed by atoms with Crippen LogP contribution in [0.1, 0.15) is 47.3 Å². The lowest BCUT2D eigenvalue weighted by Gasteiger charge is -2.19. The first kappa shape index (κ1) is 13.6. The predicted molar refractivity (Wildman–Crippen MR) is 78.5 cm³/mol. The zero-order chi connectivity index (χ0) is 14.8. The number of carboxylic acid groups (broad SMARTS) is 1. The van der Waals surface area contributed by atoms with Crippen LogP contribution in [-0.2, 0) is 4.79 Å². The molecule has 1 aromatic carbocycles. The Kier molecular flexibility index (Phi) is 3.60. The normalized spacial score (nSPS) is 21.3. The molecule has 1 N–H and O–H groups in total. The highest BCUT2D eigenvalue weighted by atomic mass is 16.4. The van der Waals surface area contributed by atoms with Gasteiger partial charge in [0, 0.05) is 17.5 Å². The predicted octanol–water partition coefficient (Wildman–Crippen LogP) is 3.26. The van der Waals surface area contributed by atoms with Crippen LogP contribution in [0.2, 0.25) is 0 Å². The summed E-state index contributed by atoms with van der Waals surface area (Å²) in [5.41, 5.74) is 1.41. The number of hydrogen-bond acceptors (Lipinski definition) is 2. The van der Waals surface area contributed by atoms with Crippen LogP contribution in [0.4, 0.5) is 0 Å². The third-order valence-electron chi connectivity index (χ3n) is 4.13. The molecule has 2 heterocycles. The molecule has 0 amide bonds. The number of carboxylic acids is 1. The summed E-state index contributed by atoms with van der Waals surface area (Å²) in [4.78, 5) is 24.1. The fraction of sp³-hybridized carbons (Fsp3) is 0.294. The Morgan fingerprint density at radius 3 is 2.52 bits per heavy atom. The van der Waals surface area contributed by atoms with E-state index < -0.39 is 11.9 Å². The molecule has 0 saturated carbocycles. The van der Waals surface area contributed by atoms with Crippen LogP contribution in [0.25, 0.3) is 0 Å². The Morgan fingerprint density at radius 2 is 1.81 bits per heavy atom. The number of fused-ring (bicyclic) bond motifs is 1. The largest absolute Gasteiger partial charge is 0.481 e. The second-order valence-electron chi connectivity index (χ2n) is 5.41. The highest BCUT2D eigenvalue weighted by Gasteiger charge is 2.31. The lowest BCUT2D eigenvalue weighted by Crippen LogP contribution is -2.21. The van der Waals surface area contributed by atoms with Gasteiger partial charge >= 0.3 is 5.97 Å². The average Bonchev–Trinajstić information content (AvgIpc) is 2.89. The molecule has 3 rings (SSSR count). The van der Waals surface area contributed by atoms with Gasteiger partial charge in [0.05, 0.1) is 12.0 Å². The molecule has 4 heteroatoms. The molecular weight excluding hydrogens is 266 g/mol. The number of carbonyl (C=O) groups is 2. The SMILES string of the molecule is O=C(O)C1CCCC(C(=O)c2ccccc2)n2cccc21. The van der Waals surface area contributed by atoms with Gasteiger partial charge in [-0.3, -0.25) is 9.59 Å². The zero-order valence-electron chi connectivity index (χ0n) is 11.6. The topological polar surface area (TPSA) is 59.3 Å². The van der Waals surface area contributed by atoms with Crippen LogP contribution in [-0.4, -0.2) is 21.4 Å². The van der Waals surface area contributed by atoms with Gasteiger partial charge in [-0.05, 0) is 31.4 Å². The van der Waals surface area contributed by atoms with Crippen molar-refractivity contribution in [3.8, 4) is 0 Å². The highest BCUT2D eigenvalue weighted by Crippen LogP contribution is 2.34. The number of hydrogen-bond donors (Lipinski definition) is 1. The lowest BCUT2D eigenvalue weighted by atomic mass is 9.98. The van der Waals surface area contributed by atoms with Gasteiger partial charge in [0.1, 0.15) is 0 Å². The van der Waals surface area contributed by atoms with Crippen molar-refractivity contribution in [1.82, 2.24) is 4.57 Å². The fourth-order valence-corrected chi connectivity index (χ4v) is 3.09. The molecule has 2 aromatic rings. The van der Waals surface area contributed by atoms with E-state index in [4.69, 9.17) is 0 Å². The van der Waals surface area contributed by atoms with Crippen molar-refractivity contribution in [2.45, 2.75) is 31.2 Å². The number of aromatic nitrogens is 1. The van der Waals surface area contributed by atoms with Gasteiger partial charge < -0.3 is 9.67 Å². The Morgan fingerprint density at radius 1 is 1.05 bits per heavy atom. The van der Waals surface area contributed by atoms with E-state index >= 15 is 0 Å². The van der Waals surface area contributed by atoms with Gasteiger partial charge in [0.2, 0.25) is 0 Å². The van der Waals surface area contributed by atoms with Crippen molar-refractivity contribution in [3.63, 3.8) is 0 Å². The minimum Gasteiger partial charge on any atom is -0.481 e. The number of aliphatic carboxylic acids is 1. The van der Waals surface area contributed by atoms with E-state index in [-0.39, 0.29) is 11.8 Å². The summed E-state index contributed by atoms with van der Waals surface area (Å²) in [7, 11) is 0. The number of nitrogens with zero attached hydrogens (tertiary/aromatic N) is 1. The van der Waals surface area contributed by atoms with E-state index in [2.05, 4.69) is 0 Å². The van der Waals surface area contributed by atoms with Crippen molar-refractivity contribution in [2.24, 2.45) is 0 Å². The van der Waals surface area contributed by atoms with Crippen molar-refractivity contribution >= 4 is 11.8 Å². The molecule has 1 aliphatic rings. The highest BCUT2D eigenvalue weighted by molar-refractivity contribution is 5.99. The van der Waals surface area contributed by atoms with Gasteiger partial charge in [-0.1, -0.05) is 30.3 Å². The van der Waals surface area contributed by atoms with E-state index in [0.717, 1.165) is 12.1 Å². The van der Waals surface area contributed by atoms with Gasteiger partial charge in [-0.25, -0.2) is 0 Å². The van der Waals surface area contributed by atoms with Crippen molar-refractivity contribution in [3.05, 3.63) is 59.9 Å². The van der Waals surface area contributed by atoms with E-state index in [9.17, 15) is 14.7 Å². The third-order valence-corrected chi connectivity index (χ3v) is 4.13. The van der Waals surface area contributed by atoms with E-state index in [0.29, 0.717) is 18.4 Å². The van der Waals surface area contributed by atoms with Crippen LogP contribution in [0, 0.1) is 0 Å². The summed E-state index contributed by atoms with van der Waals surface area (Å²) in [5.74, 6) is -1.28. The van der Waals surface area contributed by atoms with E-state index in [1.54, 1.807) is 0 Å². The standard InChI is InChI=1S/C17H17NO3/c19-16(12-6-2-1-3-7-12)15-9-4-8-13(17(20)21)14-10-5-11-18(14)15/h1-3,5-7,10-11,13,15H,4,8-9H2,(H,20,21). The molecule has 0 fully saturated rings. The van der Waals surface area contributed by atoms with Crippen molar-refractivity contribution in [1.29, 1.82) is 0 Å². The molecule has 1 aliphatic heterocycles. The number of carbonyl (C=O) groups excluding carboxylic acids is 1. The number of rotatable bonds is 3. The van der Waals surface area contributed by atoms with E-state index in [1.807, 2.05) is 53.2 Å². The molecular formula is C17H17NO3. The first-order chi connectivity index (χ1) is 10.2. The molecule has 0 saturated heterocycles. The summed E-state index contributed by atoms with van der Waals surface area (Å²) in [6.45, 7) is 0. The molecule has 21 heavy (non-hydrogen) atoms. The van der Waals surface area contributed by atoms with Crippen LogP contribution >= 0.6 is 0 Å². The first-order valence-corrected chi connectivity index (χ1v) is 7.17. The Hall–Kier alpha value is -2.36. The molecule has 4 nitrogen and oxygen atoms in total. The van der Waals surface area contributed by atoms with Crippen molar-refractivity contribution in [2.75, 3.05) is 0 Å². The van der Waals surface area contributed by atoms with Crippen LogP contribution < -0.4 is 0 Å². The zero-order valence-corrected chi connectivity index (χ0v) is 11.6. The maximum absolute atomic E-state index is 12.7. The summed E-state index contributed by atoms with van der Waals surface area (Å²) in [5, 5.41) is 9.37. The smallest absolute Gasteiger partial charge is 0.312 e. The summed E-state index contributed by atoms with van der Waals surface area (Å²) < 4.78 is 1.85. The average molecular weight is 283 g/mol. The summed E-state index contributed by atoms with van der Waals surface area (Å²) in [6, 6.07) is 12.5. The summed E-state index contributed by atoms with van der Waals surface area (Å²) in [6.07, 6.45) is 3.82. The lowest BCUT2D eigenvalue weighted by molar-refractivity contribution is -0.139. The molecule has 2 atom stereocenters. The number of ketones is 1. The second kappa shape index (κ2) is 5.56. The summed E-state index contributed by atoms with van der Waals surface area (Å²) >= 11 is 0. The van der Waals surface area contributed by atoms with Crippen LogP contribution in [0.5, 0.6) is 0 Å². The van der Waals surface area contributed by atoms with Crippen LogP contribution in [0.15, 0.2) is 48.7 Å². The van der Waals surface area contributed by atoms with Gasteiger partial charge in [0.25, 0.3) is 0 Å². The second-order valence-corrected chi connectivity index (χ2v) is 5.41. The van der Waals surface area contributed by atoms with Crippen LogP contribution in [0.3, 0.4) is 0 Å². The minimum absolute atomic E-state index is 0.0547. The van der Waals surface area contributed by atoms with Gasteiger partial charge in [-0.15, -0.1) is 0 Å². The molecule has 0 spiro atoms. The first-order valence-electron chi connectivity index (χ1n) is 7.17. The Balaban J connectivity index is 1.99. The maximum atomic E-state index is 12.7. The minimum atomic E-state index is -0.817. The number of benzene rings is 1. The van der Waals surface area contributed by atoms with Crippen molar-refractivity contribution < 1.29 is 14.7 Å².